The SMILES string of the molecule is Cc1cccc(N2C[C@H](C(=O)NCc3ccc(C(C)C)cc3)CC2=O)c1C. The number of carbonyl (C=O) groups is 2. The van der Waals surface area contributed by atoms with Gasteiger partial charge < -0.3 is 10.2 Å². The summed E-state index contributed by atoms with van der Waals surface area (Å²) in [6, 6.07) is 14.3. The first-order valence-electron chi connectivity index (χ1n) is 9.60. The van der Waals surface area contributed by atoms with E-state index in [4.69, 9.17) is 0 Å². The second-order valence-corrected chi connectivity index (χ2v) is 7.74. The number of hydrogen-bond acceptors (Lipinski definition) is 2. The van der Waals surface area contributed by atoms with Gasteiger partial charge in [-0.3, -0.25) is 9.59 Å². The lowest BCUT2D eigenvalue weighted by atomic mass is 10.0. The van der Waals surface area contributed by atoms with E-state index >= 15 is 0 Å². The fourth-order valence-electron chi connectivity index (χ4n) is 3.50. The normalized spacial score (nSPS) is 16.9. The number of benzene rings is 2. The molecule has 27 heavy (non-hydrogen) atoms. The van der Waals surface area contributed by atoms with E-state index in [-0.39, 0.29) is 24.2 Å². The summed E-state index contributed by atoms with van der Waals surface area (Å²) in [6.07, 6.45) is 0.269. The molecular formula is C23H28N2O2. The molecule has 0 radical (unpaired) electrons. The summed E-state index contributed by atoms with van der Waals surface area (Å²) >= 11 is 0. The molecule has 0 aliphatic carbocycles. The first-order chi connectivity index (χ1) is 12.9. The Morgan fingerprint density at radius 1 is 1.15 bits per heavy atom. The van der Waals surface area contributed by atoms with Gasteiger partial charge in [0.05, 0.1) is 5.92 Å². The first kappa shape index (κ1) is 19.2. The van der Waals surface area contributed by atoms with Gasteiger partial charge in [0, 0.05) is 25.2 Å². The summed E-state index contributed by atoms with van der Waals surface area (Å²) in [5, 5.41) is 2.99. The quantitative estimate of drug-likeness (QED) is 0.868. The van der Waals surface area contributed by atoms with Crippen LogP contribution in [0.4, 0.5) is 5.69 Å². The van der Waals surface area contributed by atoms with Crippen LogP contribution in [0.15, 0.2) is 42.5 Å². The average Bonchev–Trinajstić information content (AvgIpc) is 3.04. The molecule has 1 fully saturated rings. The van der Waals surface area contributed by atoms with Crippen LogP contribution in [0.25, 0.3) is 0 Å². The van der Waals surface area contributed by atoms with Crippen LogP contribution in [0, 0.1) is 19.8 Å². The fourth-order valence-corrected chi connectivity index (χ4v) is 3.50. The van der Waals surface area contributed by atoms with Crippen molar-refractivity contribution in [1.29, 1.82) is 0 Å². The third kappa shape index (κ3) is 4.21. The number of nitrogens with zero attached hydrogens (tertiary/aromatic N) is 1. The Kier molecular flexibility index (Phi) is 5.64. The van der Waals surface area contributed by atoms with Crippen LogP contribution >= 0.6 is 0 Å². The zero-order chi connectivity index (χ0) is 19.6. The Morgan fingerprint density at radius 2 is 1.85 bits per heavy atom. The second kappa shape index (κ2) is 7.95. The molecular weight excluding hydrogens is 336 g/mol. The van der Waals surface area contributed by atoms with Crippen LogP contribution in [0.3, 0.4) is 0 Å². The molecule has 0 aromatic heterocycles. The molecule has 1 saturated heterocycles. The maximum absolute atomic E-state index is 12.6. The minimum Gasteiger partial charge on any atom is -0.352 e. The van der Waals surface area contributed by atoms with Crippen molar-refractivity contribution in [1.82, 2.24) is 5.32 Å². The van der Waals surface area contributed by atoms with Gasteiger partial charge in [0.2, 0.25) is 11.8 Å². The predicted octanol–water partition coefficient (Wildman–Crippen LogP) is 4.10. The van der Waals surface area contributed by atoms with Gasteiger partial charge in [0.25, 0.3) is 0 Å². The molecule has 0 spiro atoms. The van der Waals surface area contributed by atoms with E-state index in [1.807, 2.05) is 32.0 Å². The summed E-state index contributed by atoms with van der Waals surface area (Å²) in [5.41, 5.74) is 5.52. The maximum atomic E-state index is 12.6. The Hall–Kier alpha value is -2.62. The largest absolute Gasteiger partial charge is 0.352 e. The number of rotatable bonds is 5. The van der Waals surface area contributed by atoms with E-state index in [0.29, 0.717) is 19.0 Å². The zero-order valence-electron chi connectivity index (χ0n) is 16.6. The summed E-state index contributed by atoms with van der Waals surface area (Å²) in [4.78, 5) is 26.8. The highest BCUT2D eigenvalue weighted by Gasteiger charge is 2.35. The highest BCUT2D eigenvalue weighted by Crippen LogP contribution is 2.29. The fraction of sp³-hybridized carbons (Fsp3) is 0.391. The molecule has 1 aliphatic heterocycles. The van der Waals surface area contributed by atoms with Crippen LogP contribution in [0.2, 0.25) is 0 Å². The smallest absolute Gasteiger partial charge is 0.227 e. The van der Waals surface area contributed by atoms with Gasteiger partial charge in [-0.05, 0) is 48.1 Å². The number of carbonyl (C=O) groups excluding carboxylic acids is 2. The van der Waals surface area contributed by atoms with Gasteiger partial charge in [0.1, 0.15) is 0 Å². The molecule has 4 heteroatoms. The Labute approximate surface area is 161 Å². The van der Waals surface area contributed by atoms with E-state index in [2.05, 4.69) is 43.4 Å². The van der Waals surface area contributed by atoms with E-state index < -0.39 is 0 Å². The summed E-state index contributed by atoms with van der Waals surface area (Å²) in [5.74, 6) is 0.163. The van der Waals surface area contributed by atoms with E-state index in [1.54, 1.807) is 4.90 Å². The van der Waals surface area contributed by atoms with Crippen molar-refractivity contribution in [2.75, 3.05) is 11.4 Å². The molecule has 1 atom stereocenters. The highest BCUT2D eigenvalue weighted by atomic mass is 16.2. The molecule has 2 amide bonds. The first-order valence-corrected chi connectivity index (χ1v) is 9.60. The Bertz CT molecular complexity index is 840. The summed E-state index contributed by atoms with van der Waals surface area (Å²) < 4.78 is 0. The lowest BCUT2D eigenvalue weighted by Crippen LogP contribution is -2.32. The predicted molar refractivity (Wildman–Crippen MR) is 109 cm³/mol. The van der Waals surface area contributed by atoms with Crippen molar-refractivity contribution in [3.05, 3.63) is 64.7 Å². The standard InChI is InChI=1S/C23H28N2O2/c1-15(2)19-10-8-18(9-11-19)13-24-23(27)20-12-22(26)25(14-20)21-7-5-6-16(3)17(21)4/h5-11,15,20H,12-14H2,1-4H3,(H,24,27)/t20-/m1/s1. The zero-order valence-corrected chi connectivity index (χ0v) is 16.6. The van der Waals surface area contributed by atoms with Gasteiger partial charge in [-0.15, -0.1) is 0 Å². The maximum Gasteiger partial charge on any atom is 0.227 e. The van der Waals surface area contributed by atoms with Crippen LogP contribution in [-0.4, -0.2) is 18.4 Å². The van der Waals surface area contributed by atoms with Gasteiger partial charge in [-0.25, -0.2) is 0 Å². The minimum atomic E-state index is -0.299. The summed E-state index contributed by atoms with van der Waals surface area (Å²) in [6.45, 7) is 9.32. The molecule has 0 unspecified atom stereocenters. The van der Waals surface area contributed by atoms with Crippen LogP contribution in [0.5, 0.6) is 0 Å². The van der Waals surface area contributed by atoms with Gasteiger partial charge in [-0.1, -0.05) is 50.2 Å². The molecule has 2 aromatic carbocycles. The van der Waals surface area contributed by atoms with Crippen LogP contribution in [0.1, 0.15) is 48.4 Å². The molecule has 1 heterocycles. The molecule has 1 aliphatic rings. The van der Waals surface area contributed by atoms with E-state index in [0.717, 1.165) is 22.4 Å². The van der Waals surface area contributed by atoms with Gasteiger partial charge in [-0.2, -0.15) is 0 Å². The summed E-state index contributed by atoms with van der Waals surface area (Å²) in [7, 11) is 0. The van der Waals surface area contributed by atoms with Crippen molar-refractivity contribution in [2.24, 2.45) is 5.92 Å². The number of nitrogens with one attached hydrogen (secondary N) is 1. The topological polar surface area (TPSA) is 49.4 Å². The number of amides is 2. The lowest BCUT2D eigenvalue weighted by molar-refractivity contribution is -0.126. The minimum absolute atomic E-state index is 0.0186. The molecule has 1 N–H and O–H groups in total. The van der Waals surface area contributed by atoms with Crippen molar-refractivity contribution in [3.8, 4) is 0 Å². The van der Waals surface area contributed by atoms with Gasteiger partial charge in [0.15, 0.2) is 0 Å². The van der Waals surface area contributed by atoms with Gasteiger partial charge >= 0.3 is 0 Å². The molecule has 3 rings (SSSR count). The van der Waals surface area contributed by atoms with Crippen molar-refractivity contribution < 1.29 is 9.59 Å². The van der Waals surface area contributed by atoms with Crippen molar-refractivity contribution in [2.45, 2.75) is 46.6 Å². The number of hydrogen-bond donors (Lipinski definition) is 1. The molecule has 142 valence electrons. The second-order valence-electron chi connectivity index (χ2n) is 7.74. The molecule has 2 aromatic rings. The van der Waals surface area contributed by atoms with Crippen molar-refractivity contribution in [3.63, 3.8) is 0 Å². The Balaban J connectivity index is 1.61. The monoisotopic (exact) mass is 364 g/mol. The lowest BCUT2D eigenvalue weighted by Gasteiger charge is -2.20. The Morgan fingerprint density at radius 3 is 2.52 bits per heavy atom. The molecule has 0 bridgehead atoms. The third-order valence-electron chi connectivity index (χ3n) is 5.48. The van der Waals surface area contributed by atoms with Crippen LogP contribution < -0.4 is 10.2 Å². The third-order valence-corrected chi connectivity index (χ3v) is 5.48. The van der Waals surface area contributed by atoms with E-state index in [9.17, 15) is 9.59 Å². The number of aryl methyl sites for hydroxylation is 1. The van der Waals surface area contributed by atoms with Crippen LogP contribution in [-0.2, 0) is 16.1 Å². The number of anilines is 1. The van der Waals surface area contributed by atoms with E-state index in [1.165, 1.54) is 5.56 Å². The molecule has 4 nitrogen and oxygen atoms in total. The molecule has 0 saturated carbocycles. The van der Waals surface area contributed by atoms with Crippen molar-refractivity contribution >= 4 is 17.5 Å². The highest BCUT2D eigenvalue weighted by molar-refractivity contribution is 6.00. The average molecular weight is 364 g/mol.